The fourth-order valence-electron chi connectivity index (χ4n) is 6.45. The molecule has 11 heteroatoms. The van der Waals surface area contributed by atoms with Gasteiger partial charge in [-0.25, -0.2) is 16.8 Å². The average Bonchev–Trinajstić information content (AvgIpc) is 3.14. The topological polar surface area (TPSA) is 113 Å². The van der Waals surface area contributed by atoms with Crippen molar-refractivity contribution < 1.29 is 26.4 Å². The van der Waals surface area contributed by atoms with Crippen molar-refractivity contribution in [2.75, 3.05) is 38.2 Å². The number of ether oxygens (including phenoxy) is 1. The van der Waals surface area contributed by atoms with Crippen LogP contribution in [-0.4, -0.2) is 70.2 Å². The van der Waals surface area contributed by atoms with Gasteiger partial charge in [0.25, 0.3) is 5.91 Å². The van der Waals surface area contributed by atoms with Crippen molar-refractivity contribution in [2.24, 2.45) is 10.8 Å². The van der Waals surface area contributed by atoms with E-state index >= 15 is 0 Å². The van der Waals surface area contributed by atoms with Gasteiger partial charge >= 0.3 is 0 Å². The lowest BCUT2D eigenvalue weighted by Gasteiger charge is -2.39. The van der Waals surface area contributed by atoms with Gasteiger partial charge in [0, 0.05) is 36.9 Å². The summed E-state index contributed by atoms with van der Waals surface area (Å²) in [6.07, 6.45) is 2.72. The number of fused-ring (bicyclic) bond motifs is 2. The van der Waals surface area contributed by atoms with Gasteiger partial charge in [0.05, 0.1) is 23.0 Å². The molecule has 0 aromatic heterocycles. The molecule has 2 heterocycles. The molecule has 2 aromatic rings. The van der Waals surface area contributed by atoms with Crippen molar-refractivity contribution in [3.63, 3.8) is 0 Å². The number of nitrogens with one attached hydrogen (secondary N) is 1. The van der Waals surface area contributed by atoms with Gasteiger partial charge in [-0.3, -0.25) is 4.79 Å². The molecular weight excluding hydrogens is 526 g/mol. The molecule has 2 aromatic carbocycles. The number of nitrogens with zero attached hydrogens (tertiary/aromatic N) is 2. The molecule has 1 amide bonds. The number of rotatable bonds is 6. The van der Waals surface area contributed by atoms with Crippen molar-refractivity contribution in [3.8, 4) is 0 Å². The quantitative estimate of drug-likeness (QED) is 0.577. The van der Waals surface area contributed by atoms with Crippen LogP contribution < -0.4 is 5.32 Å². The number of carbonyl (C=O) groups excluding carboxylic acids is 1. The molecule has 1 N–H and O–H groups in total. The van der Waals surface area contributed by atoms with Gasteiger partial charge < -0.3 is 10.1 Å². The van der Waals surface area contributed by atoms with E-state index in [1.807, 2.05) is 0 Å². The molecule has 0 radical (unpaired) electrons. The summed E-state index contributed by atoms with van der Waals surface area (Å²) in [6, 6.07) is 12.0. The maximum absolute atomic E-state index is 13.5. The van der Waals surface area contributed by atoms with Crippen LogP contribution in [-0.2, 0) is 24.8 Å². The molecular formula is C27H35N3O6S2. The molecule has 3 fully saturated rings. The highest BCUT2D eigenvalue weighted by molar-refractivity contribution is 7.89. The van der Waals surface area contributed by atoms with E-state index < -0.39 is 26.0 Å². The van der Waals surface area contributed by atoms with E-state index in [2.05, 4.69) is 26.1 Å². The van der Waals surface area contributed by atoms with E-state index in [1.165, 1.54) is 52.8 Å². The lowest BCUT2D eigenvalue weighted by molar-refractivity contribution is 0.0730. The van der Waals surface area contributed by atoms with Gasteiger partial charge in [-0.15, -0.1) is 0 Å². The predicted molar refractivity (Wildman–Crippen MR) is 144 cm³/mol. The summed E-state index contributed by atoms with van der Waals surface area (Å²) >= 11 is 0. The summed E-state index contributed by atoms with van der Waals surface area (Å²) in [5.74, 6) is -0.413. The smallest absolute Gasteiger partial charge is 0.255 e. The van der Waals surface area contributed by atoms with Crippen LogP contribution in [0, 0.1) is 10.8 Å². The Hall–Kier alpha value is -2.31. The van der Waals surface area contributed by atoms with Crippen LogP contribution in [0.5, 0.6) is 0 Å². The van der Waals surface area contributed by atoms with E-state index in [0.29, 0.717) is 44.1 Å². The normalized spacial score (nSPS) is 26.2. The number of hydrogen-bond acceptors (Lipinski definition) is 6. The first kappa shape index (κ1) is 27.3. The molecule has 1 aliphatic carbocycles. The van der Waals surface area contributed by atoms with Crippen LogP contribution >= 0.6 is 0 Å². The second-order valence-corrected chi connectivity index (χ2v) is 15.6. The number of carbonyl (C=O) groups is 1. The second-order valence-electron chi connectivity index (χ2n) is 11.8. The summed E-state index contributed by atoms with van der Waals surface area (Å²) in [5, 5.41) is 2.75. The average molecular weight is 562 g/mol. The highest BCUT2D eigenvalue weighted by atomic mass is 32.2. The van der Waals surface area contributed by atoms with Gasteiger partial charge in [0.2, 0.25) is 20.0 Å². The number of sulfonamides is 2. The van der Waals surface area contributed by atoms with Crippen LogP contribution in [0.1, 0.15) is 50.4 Å². The maximum Gasteiger partial charge on any atom is 0.255 e. The summed E-state index contributed by atoms with van der Waals surface area (Å²) < 4.78 is 60.8. The van der Waals surface area contributed by atoms with Crippen LogP contribution in [0.4, 0.5) is 5.69 Å². The minimum Gasteiger partial charge on any atom is -0.379 e. The number of morpholine rings is 1. The zero-order valence-electron chi connectivity index (χ0n) is 22.0. The molecule has 2 atom stereocenters. The van der Waals surface area contributed by atoms with Crippen LogP contribution in [0.3, 0.4) is 0 Å². The first-order valence-corrected chi connectivity index (χ1v) is 15.8. The highest BCUT2D eigenvalue weighted by Crippen LogP contribution is 2.53. The Morgan fingerprint density at radius 1 is 0.868 bits per heavy atom. The molecule has 38 heavy (non-hydrogen) atoms. The van der Waals surface area contributed by atoms with Crippen molar-refractivity contribution in [1.29, 1.82) is 0 Å². The lowest BCUT2D eigenvalue weighted by Crippen LogP contribution is -2.40. The third-order valence-corrected chi connectivity index (χ3v) is 11.6. The number of anilines is 1. The first-order valence-electron chi connectivity index (χ1n) is 12.9. The molecule has 2 bridgehead atoms. The third-order valence-electron chi connectivity index (χ3n) is 7.81. The third kappa shape index (κ3) is 5.27. The Morgan fingerprint density at radius 3 is 2.08 bits per heavy atom. The largest absolute Gasteiger partial charge is 0.379 e. The van der Waals surface area contributed by atoms with Gasteiger partial charge in [0.15, 0.2) is 0 Å². The van der Waals surface area contributed by atoms with Crippen molar-refractivity contribution in [2.45, 2.75) is 55.9 Å². The standard InChI is InChI=1S/C27H35N3O6S2/c1-26(2)16-22-17-27(3,18-26)19-30(22)38(34,35)24-8-4-20(5-9-24)25(31)28-21-6-10-23(11-7-21)37(32,33)29-12-14-36-15-13-29/h4-11,22H,12-19H2,1-3H3,(H,28,31)/t22-,27+/m0/s1. The van der Waals surface area contributed by atoms with Crippen molar-refractivity contribution >= 4 is 31.6 Å². The van der Waals surface area contributed by atoms with E-state index in [9.17, 15) is 21.6 Å². The fraction of sp³-hybridized carbons (Fsp3) is 0.519. The monoisotopic (exact) mass is 561 g/mol. The molecule has 206 valence electrons. The Bertz CT molecular complexity index is 1420. The van der Waals surface area contributed by atoms with E-state index in [1.54, 1.807) is 4.31 Å². The molecule has 2 aliphatic heterocycles. The Morgan fingerprint density at radius 2 is 1.45 bits per heavy atom. The summed E-state index contributed by atoms with van der Waals surface area (Å²) in [4.78, 5) is 13.1. The molecule has 5 rings (SSSR count). The minimum atomic E-state index is -3.68. The van der Waals surface area contributed by atoms with Crippen LogP contribution in [0.15, 0.2) is 58.3 Å². The van der Waals surface area contributed by atoms with Crippen LogP contribution in [0.25, 0.3) is 0 Å². The number of amides is 1. The number of benzene rings is 2. The second kappa shape index (κ2) is 9.71. The van der Waals surface area contributed by atoms with E-state index in [0.717, 1.165) is 19.3 Å². The Balaban J connectivity index is 1.26. The van der Waals surface area contributed by atoms with Crippen LogP contribution in [0.2, 0.25) is 0 Å². The highest BCUT2D eigenvalue weighted by Gasteiger charge is 2.53. The SMILES string of the molecule is CC1(C)C[C@H]2C[C@@](C)(CN2S(=O)(=O)c2ccc(C(=O)Nc3ccc(S(=O)(=O)N4CCOCC4)cc3)cc2)C1. The molecule has 0 unspecified atom stereocenters. The zero-order chi connectivity index (χ0) is 27.3. The molecule has 1 saturated carbocycles. The van der Waals surface area contributed by atoms with E-state index in [-0.39, 0.29) is 26.7 Å². The summed E-state index contributed by atoms with van der Waals surface area (Å²) in [6.45, 7) is 8.45. The molecule has 3 aliphatic rings. The van der Waals surface area contributed by atoms with E-state index in [4.69, 9.17) is 4.74 Å². The number of hydrogen-bond donors (Lipinski definition) is 1. The Kier molecular flexibility index (Phi) is 6.96. The molecule has 0 spiro atoms. The fourth-order valence-corrected chi connectivity index (χ4v) is 9.63. The summed E-state index contributed by atoms with van der Waals surface area (Å²) in [7, 11) is -7.30. The van der Waals surface area contributed by atoms with Gasteiger partial charge in [-0.1, -0.05) is 20.8 Å². The Labute approximate surface area is 225 Å². The van der Waals surface area contributed by atoms with Crippen molar-refractivity contribution in [1.82, 2.24) is 8.61 Å². The maximum atomic E-state index is 13.5. The minimum absolute atomic E-state index is 0.00763. The lowest BCUT2D eigenvalue weighted by atomic mass is 9.65. The van der Waals surface area contributed by atoms with Gasteiger partial charge in [-0.2, -0.15) is 8.61 Å². The first-order chi connectivity index (χ1) is 17.8. The summed E-state index contributed by atoms with van der Waals surface area (Å²) in [5.41, 5.74) is 0.834. The molecule has 2 saturated heterocycles. The van der Waals surface area contributed by atoms with Gasteiger partial charge in [-0.05, 0) is 78.6 Å². The predicted octanol–water partition coefficient (Wildman–Crippen LogP) is 3.55. The molecule has 9 nitrogen and oxygen atoms in total. The van der Waals surface area contributed by atoms with Gasteiger partial charge in [0.1, 0.15) is 0 Å². The zero-order valence-corrected chi connectivity index (χ0v) is 23.6. The van der Waals surface area contributed by atoms with Crippen molar-refractivity contribution in [3.05, 3.63) is 54.1 Å².